The maximum Gasteiger partial charge on any atom is 0.125 e. The van der Waals surface area contributed by atoms with Crippen molar-refractivity contribution in [2.45, 2.75) is 57.2 Å². The van der Waals surface area contributed by atoms with Gasteiger partial charge in [0.15, 0.2) is 0 Å². The molecule has 1 atom stereocenters. The summed E-state index contributed by atoms with van der Waals surface area (Å²) >= 11 is 0. The predicted molar refractivity (Wildman–Crippen MR) is 111 cm³/mol. The van der Waals surface area contributed by atoms with E-state index in [-0.39, 0.29) is 5.60 Å². The number of aryl methyl sites for hydroxylation is 1. The lowest BCUT2D eigenvalue weighted by Crippen LogP contribution is -2.42. The third-order valence-corrected chi connectivity index (χ3v) is 6.38. The van der Waals surface area contributed by atoms with Gasteiger partial charge < -0.3 is 10.1 Å². The molecule has 1 N–H and O–H groups in total. The molecule has 5 rings (SSSR count). The van der Waals surface area contributed by atoms with Crippen LogP contribution in [0.5, 0.6) is 5.75 Å². The molecule has 0 saturated heterocycles. The molecule has 0 bridgehead atoms. The Hall–Kier alpha value is -2.32. The Morgan fingerprint density at radius 2 is 1.81 bits per heavy atom. The summed E-state index contributed by atoms with van der Waals surface area (Å²) in [6.07, 6.45) is 6.03. The van der Waals surface area contributed by atoms with Crippen molar-refractivity contribution in [3.8, 4) is 5.75 Å². The standard InChI is InChI=1S/C25H27NO/c1-18-11-12-22-23(16-25(13-4-5-14-25)27-24(22)15-18)26-17-20-9-6-8-19-7-2-3-10-21(19)20/h2-3,6-12,15,23,26H,4-5,13-14,16-17H2,1H3/t23-/m1/s1. The Morgan fingerprint density at radius 3 is 2.70 bits per heavy atom. The summed E-state index contributed by atoms with van der Waals surface area (Å²) in [4.78, 5) is 0. The molecule has 0 amide bonds. The van der Waals surface area contributed by atoms with E-state index in [1.807, 2.05) is 0 Å². The van der Waals surface area contributed by atoms with Crippen LogP contribution < -0.4 is 10.1 Å². The van der Waals surface area contributed by atoms with Crippen LogP contribution in [-0.2, 0) is 6.54 Å². The van der Waals surface area contributed by atoms with E-state index >= 15 is 0 Å². The van der Waals surface area contributed by atoms with Gasteiger partial charge in [0.25, 0.3) is 0 Å². The monoisotopic (exact) mass is 357 g/mol. The van der Waals surface area contributed by atoms with Crippen LogP contribution >= 0.6 is 0 Å². The molecule has 0 radical (unpaired) electrons. The van der Waals surface area contributed by atoms with Crippen LogP contribution in [0.1, 0.15) is 54.8 Å². The van der Waals surface area contributed by atoms with Crippen LogP contribution in [0.4, 0.5) is 0 Å². The molecule has 1 aliphatic carbocycles. The Morgan fingerprint density at radius 1 is 1.00 bits per heavy atom. The van der Waals surface area contributed by atoms with Crippen molar-refractivity contribution in [2.75, 3.05) is 0 Å². The fraction of sp³-hybridized carbons (Fsp3) is 0.360. The first kappa shape index (κ1) is 16.8. The van der Waals surface area contributed by atoms with E-state index in [9.17, 15) is 0 Å². The minimum atomic E-state index is 0.0389. The van der Waals surface area contributed by atoms with Gasteiger partial charge in [-0.3, -0.25) is 0 Å². The van der Waals surface area contributed by atoms with Crippen LogP contribution in [0.3, 0.4) is 0 Å². The van der Waals surface area contributed by atoms with Crippen LogP contribution in [0, 0.1) is 6.92 Å². The molecule has 2 nitrogen and oxygen atoms in total. The van der Waals surface area contributed by atoms with Gasteiger partial charge in [-0.05, 0) is 60.6 Å². The number of hydrogen-bond donors (Lipinski definition) is 1. The van der Waals surface area contributed by atoms with E-state index in [1.165, 1.54) is 53.1 Å². The number of benzene rings is 3. The summed E-state index contributed by atoms with van der Waals surface area (Å²) in [5, 5.41) is 6.54. The molecule has 1 fully saturated rings. The number of fused-ring (bicyclic) bond motifs is 2. The van der Waals surface area contributed by atoms with Crippen molar-refractivity contribution >= 4 is 10.8 Å². The van der Waals surface area contributed by atoms with E-state index < -0.39 is 0 Å². The van der Waals surface area contributed by atoms with Crippen LogP contribution in [0.15, 0.2) is 60.7 Å². The minimum Gasteiger partial charge on any atom is -0.487 e. The van der Waals surface area contributed by atoms with Gasteiger partial charge in [0, 0.05) is 24.6 Å². The van der Waals surface area contributed by atoms with Crippen molar-refractivity contribution in [1.82, 2.24) is 5.32 Å². The lowest BCUT2D eigenvalue weighted by Gasteiger charge is -2.40. The van der Waals surface area contributed by atoms with E-state index in [0.717, 1.165) is 18.7 Å². The average Bonchev–Trinajstić information content (AvgIpc) is 3.13. The molecule has 1 aliphatic heterocycles. The predicted octanol–water partition coefficient (Wildman–Crippen LogP) is 6.07. The summed E-state index contributed by atoms with van der Waals surface area (Å²) < 4.78 is 6.57. The minimum absolute atomic E-state index is 0.0389. The fourth-order valence-electron chi connectivity index (χ4n) is 4.96. The quantitative estimate of drug-likeness (QED) is 0.614. The van der Waals surface area contributed by atoms with Crippen molar-refractivity contribution in [1.29, 1.82) is 0 Å². The molecule has 0 unspecified atom stereocenters. The Kier molecular flexibility index (Phi) is 4.17. The highest BCUT2D eigenvalue weighted by molar-refractivity contribution is 5.85. The zero-order valence-corrected chi connectivity index (χ0v) is 16.0. The number of hydrogen-bond acceptors (Lipinski definition) is 2. The Labute approximate surface area is 161 Å². The molecule has 2 heteroatoms. The first-order chi connectivity index (χ1) is 13.2. The van der Waals surface area contributed by atoms with Gasteiger partial charge >= 0.3 is 0 Å². The van der Waals surface area contributed by atoms with Gasteiger partial charge in [0.2, 0.25) is 0 Å². The molecule has 138 valence electrons. The number of nitrogens with one attached hydrogen (secondary N) is 1. The third kappa shape index (κ3) is 3.12. The highest BCUT2D eigenvalue weighted by atomic mass is 16.5. The van der Waals surface area contributed by atoms with Crippen molar-refractivity contribution in [3.05, 3.63) is 77.4 Å². The highest BCUT2D eigenvalue weighted by Gasteiger charge is 2.42. The molecular weight excluding hydrogens is 330 g/mol. The smallest absolute Gasteiger partial charge is 0.125 e. The first-order valence-electron chi connectivity index (χ1n) is 10.2. The van der Waals surface area contributed by atoms with E-state index in [2.05, 4.69) is 72.9 Å². The zero-order valence-electron chi connectivity index (χ0n) is 16.0. The Bertz CT molecular complexity index is 966. The fourth-order valence-corrected chi connectivity index (χ4v) is 4.96. The Balaban J connectivity index is 1.45. The molecule has 2 aliphatic rings. The van der Waals surface area contributed by atoms with Gasteiger partial charge in [-0.25, -0.2) is 0 Å². The van der Waals surface area contributed by atoms with Crippen molar-refractivity contribution < 1.29 is 4.74 Å². The van der Waals surface area contributed by atoms with E-state index in [0.29, 0.717) is 6.04 Å². The van der Waals surface area contributed by atoms with Gasteiger partial charge in [0.1, 0.15) is 11.4 Å². The molecule has 1 saturated carbocycles. The van der Waals surface area contributed by atoms with E-state index in [1.54, 1.807) is 0 Å². The second-order valence-electron chi connectivity index (χ2n) is 8.31. The normalized spacial score (nSPS) is 20.6. The van der Waals surface area contributed by atoms with E-state index in [4.69, 9.17) is 4.74 Å². The SMILES string of the molecule is Cc1ccc2c(c1)OC1(CCCC1)C[C@H]2NCc1cccc2ccccc12. The molecule has 27 heavy (non-hydrogen) atoms. The van der Waals surface area contributed by atoms with Gasteiger partial charge in [-0.2, -0.15) is 0 Å². The first-order valence-corrected chi connectivity index (χ1v) is 10.2. The summed E-state index contributed by atoms with van der Waals surface area (Å²) in [7, 11) is 0. The third-order valence-electron chi connectivity index (χ3n) is 6.38. The topological polar surface area (TPSA) is 21.3 Å². The summed E-state index contributed by atoms with van der Waals surface area (Å²) in [6, 6.07) is 22.3. The zero-order chi connectivity index (χ0) is 18.3. The average molecular weight is 357 g/mol. The summed E-state index contributed by atoms with van der Waals surface area (Å²) in [5.74, 6) is 1.10. The van der Waals surface area contributed by atoms with Crippen LogP contribution in [0.2, 0.25) is 0 Å². The van der Waals surface area contributed by atoms with Crippen LogP contribution in [-0.4, -0.2) is 5.60 Å². The molecule has 1 spiro atoms. The second kappa shape index (κ2) is 6.69. The second-order valence-corrected chi connectivity index (χ2v) is 8.31. The van der Waals surface area contributed by atoms with Crippen molar-refractivity contribution in [2.24, 2.45) is 0 Å². The highest BCUT2D eigenvalue weighted by Crippen LogP contribution is 2.47. The maximum atomic E-state index is 6.57. The van der Waals surface area contributed by atoms with Crippen molar-refractivity contribution in [3.63, 3.8) is 0 Å². The molecular formula is C25H27NO. The molecule has 0 aromatic heterocycles. The summed E-state index contributed by atoms with van der Waals surface area (Å²) in [5.41, 5.74) is 4.00. The van der Waals surface area contributed by atoms with Gasteiger partial charge in [0.05, 0.1) is 0 Å². The maximum absolute atomic E-state index is 6.57. The van der Waals surface area contributed by atoms with Crippen LogP contribution in [0.25, 0.3) is 10.8 Å². The van der Waals surface area contributed by atoms with Gasteiger partial charge in [-0.1, -0.05) is 54.6 Å². The number of ether oxygens (including phenoxy) is 1. The molecule has 1 heterocycles. The largest absolute Gasteiger partial charge is 0.487 e. The lowest BCUT2D eigenvalue weighted by atomic mass is 9.85. The molecule has 3 aromatic carbocycles. The lowest BCUT2D eigenvalue weighted by molar-refractivity contribution is 0.0364. The summed E-state index contributed by atoms with van der Waals surface area (Å²) in [6.45, 7) is 3.04. The molecule has 3 aromatic rings. The van der Waals surface area contributed by atoms with Gasteiger partial charge in [-0.15, -0.1) is 0 Å². The number of rotatable bonds is 3.